The Labute approximate surface area is 166 Å². The summed E-state index contributed by atoms with van der Waals surface area (Å²) < 4.78 is 11.5. The van der Waals surface area contributed by atoms with Crippen LogP contribution < -0.4 is 20.2 Å². The maximum Gasteiger partial charge on any atom is 0.191 e. The van der Waals surface area contributed by atoms with Gasteiger partial charge in [-0.15, -0.1) is 0 Å². The SMILES string of the molecule is CCCOc1ccc(/C=N/NC(=S)Nc2ccc(C)cc2)c(OCCC)c1. The number of hydrazone groups is 1. The first-order valence-corrected chi connectivity index (χ1v) is 9.59. The molecule has 0 saturated carbocycles. The van der Waals surface area contributed by atoms with Crippen LogP contribution in [-0.4, -0.2) is 24.5 Å². The minimum atomic E-state index is 0.425. The number of rotatable bonds is 9. The molecule has 0 amide bonds. The van der Waals surface area contributed by atoms with Crippen molar-refractivity contribution in [1.82, 2.24) is 5.43 Å². The molecule has 0 radical (unpaired) electrons. The first kappa shape index (κ1) is 20.7. The van der Waals surface area contributed by atoms with Crippen molar-refractivity contribution in [2.75, 3.05) is 18.5 Å². The second-order valence-electron chi connectivity index (χ2n) is 6.09. The van der Waals surface area contributed by atoms with Gasteiger partial charge in [0.1, 0.15) is 11.5 Å². The first-order chi connectivity index (χ1) is 13.1. The van der Waals surface area contributed by atoms with E-state index in [1.807, 2.05) is 49.4 Å². The van der Waals surface area contributed by atoms with Gasteiger partial charge in [-0.1, -0.05) is 31.5 Å². The molecule has 2 aromatic carbocycles. The summed E-state index contributed by atoms with van der Waals surface area (Å²) in [6, 6.07) is 13.7. The van der Waals surface area contributed by atoms with Gasteiger partial charge in [0, 0.05) is 17.3 Å². The van der Waals surface area contributed by atoms with Crippen LogP contribution >= 0.6 is 12.2 Å². The maximum absolute atomic E-state index is 5.82. The molecule has 0 heterocycles. The van der Waals surface area contributed by atoms with Crippen molar-refractivity contribution >= 4 is 29.2 Å². The molecule has 0 aliphatic rings. The van der Waals surface area contributed by atoms with E-state index in [4.69, 9.17) is 21.7 Å². The summed E-state index contributed by atoms with van der Waals surface area (Å²) in [4.78, 5) is 0. The highest BCUT2D eigenvalue weighted by Gasteiger charge is 2.05. The largest absolute Gasteiger partial charge is 0.493 e. The molecular weight excluding hydrogens is 358 g/mol. The Hall–Kier alpha value is -2.60. The smallest absolute Gasteiger partial charge is 0.191 e. The van der Waals surface area contributed by atoms with Gasteiger partial charge in [-0.3, -0.25) is 5.43 Å². The topological polar surface area (TPSA) is 54.9 Å². The van der Waals surface area contributed by atoms with Gasteiger partial charge in [-0.05, 0) is 56.2 Å². The van der Waals surface area contributed by atoms with E-state index >= 15 is 0 Å². The fourth-order valence-corrected chi connectivity index (χ4v) is 2.40. The molecule has 5 nitrogen and oxygen atoms in total. The number of aryl methyl sites for hydroxylation is 1. The Balaban J connectivity index is 1.98. The third-order valence-corrected chi connectivity index (χ3v) is 3.79. The van der Waals surface area contributed by atoms with Crippen molar-refractivity contribution in [2.45, 2.75) is 33.6 Å². The molecule has 2 aromatic rings. The monoisotopic (exact) mass is 385 g/mol. The zero-order chi connectivity index (χ0) is 19.5. The van der Waals surface area contributed by atoms with E-state index in [9.17, 15) is 0 Å². The summed E-state index contributed by atoms with van der Waals surface area (Å²) in [6.45, 7) is 7.51. The summed E-state index contributed by atoms with van der Waals surface area (Å²) in [7, 11) is 0. The second-order valence-corrected chi connectivity index (χ2v) is 6.49. The van der Waals surface area contributed by atoms with Crippen LogP contribution in [0.2, 0.25) is 0 Å². The molecule has 0 unspecified atom stereocenters. The van der Waals surface area contributed by atoms with Crippen molar-refractivity contribution in [3.05, 3.63) is 53.6 Å². The van der Waals surface area contributed by atoms with Crippen LogP contribution in [0.1, 0.15) is 37.8 Å². The van der Waals surface area contributed by atoms with E-state index in [0.29, 0.717) is 18.3 Å². The van der Waals surface area contributed by atoms with Crippen LogP contribution in [0.3, 0.4) is 0 Å². The summed E-state index contributed by atoms with van der Waals surface area (Å²) in [5.41, 5.74) is 5.80. The number of hydrogen-bond acceptors (Lipinski definition) is 4. The normalized spacial score (nSPS) is 10.6. The van der Waals surface area contributed by atoms with Gasteiger partial charge in [0.25, 0.3) is 0 Å². The van der Waals surface area contributed by atoms with Gasteiger partial charge in [0.15, 0.2) is 5.11 Å². The number of anilines is 1. The number of hydrogen-bond donors (Lipinski definition) is 2. The Morgan fingerprint density at radius 2 is 1.74 bits per heavy atom. The van der Waals surface area contributed by atoms with E-state index in [1.165, 1.54) is 5.56 Å². The van der Waals surface area contributed by atoms with Crippen LogP contribution in [0.4, 0.5) is 5.69 Å². The van der Waals surface area contributed by atoms with Gasteiger partial charge < -0.3 is 14.8 Å². The average molecular weight is 386 g/mol. The van der Waals surface area contributed by atoms with Gasteiger partial charge in [0.2, 0.25) is 0 Å². The fraction of sp³-hybridized carbons (Fsp3) is 0.333. The molecular formula is C21H27N3O2S. The Morgan fingerprint density at radius 1 is 1.04 bits per heavy atom. The molecule has 0 aliphatic carbocycles. The van der Waals surface area contributed by atoms with Crippen LogP contribution in [0.25, 0.3) is 0 Å². The molecule has 6 heteroatoms. The van der Waals surface area contributed by atoms with Crippen molar-refractivity contribution in [3.63, 3.8) is 0 Å². The van der Waals surface area contributed by atoms with E-state index in [0.717, 1.165) is 35.6 Å². The van der Waals surface area contributed by atoms with Crippen LogP contribution in [-0.2, 0) is 0 Å². The second kappa shape index (κ2) is 11.2. The predicted octanol–water partition coefficient (Wildman–Crippen LogP) is 4.89. The van der Waals surface area contributed by atoms with Crippen LogP contribution in [0.15, 0.2) is 47.6 Å². The number of nitrogens with one attached hydrogen (secondary N) is 2. The van der Waals surface area contributed by atoms with E-state index in [2.05, 4.69) is 29.7 Å². The Kier molecular flexibility index (Phi) is 8.58. The fourth-order valence-electron chi connectivity index (χ4n) is 2.22. The molecule has 0 spiro atoms. The highest BCUT2D eigenvalue weighted by molar-refractivity contribution is 7.80. The van der Waals surface area contributed by atoms with Crippen molar-refractivity contribution in [3.8, 4) is 11.5 Å². The molecule has 27 heavy (non-hydrogen) atoms. The molecule has 0 fully saturated rings. The summed E-state index contributed by atoms with van der Waals surface area (Å²) in [5.74, 6) is 1.54. The lowest BCUT2D eigenvalue weighted by molar-refractivity contribution is 0.301. The van der Waals surface area contributed by atoms with Gasteiger partial charge in [-0.2, -0.15) is 5.10 Å². The Morgan fingerprint density at radius 3 is 2.44 bits per heavy atom. The minimum Gasteiger partial charge on any atom is -0.493 e. The molecule has 0 atom stereocenters. The number of nitrogens with zero attached hydrogens (tertiary/aromatic N) is 1. The average Bonchev–Trinajstić information content (AvgIpc) is 2.67. The van der Waals surface area contributed by atoms with Crippen molar-refractivity contribution in [1.29, 1.82) is 0 Å². The summed E-state index contributed by atoms with van der Waals surface area (Å²) in [5, 5.41) is 7.73. The third-order valence-electron chi connectivity index (χ3n) is 3.60. The van der Waals surface area contributed by atoms with Gasteiger partial charge in [0.05, 0.1) is 19.4 Å². The highest BCUT2D eigenvalue weighted by Crippen LogP contribution is 2.24. The third kappa shape index (κ3) is 7.27. The lowest BCUT2D eigenvalue weighted by Gasteiger charge is -2.11. The maximum atomic E-state index is 5.82. The lowest BCUT2D eigenvalue weighted by Crippen LogP contribution is -2.23. The molecule has 2 N–H and O–H groups in total. The molecule has 144 valence electrons. The van der Waals surface area contributed by atoms with Gasteiger partial charge in [-0.25, -0.2) is 0 Å². The number of ether oxygens (including phenoxy) is 2. The summed E-state index contributed by atoms with van der Waals surface area (Å²) in [6.07, 6.45) is 3.58. The molecule has 0 saturated heterocycles. The first-order valence-electron chi connectivity index (χ1n) is 9.18. The quantitative estimate of drug-likeness (QED) is 0.365. The lowest BCUT2D eigenvalue weighted by atomic mass is 10.2. The molecule has 0 bridgehead atoms. The van der Waals surface area contributed by atoms with Crippen LogP contribution in [0, 0.1) is 6.92 Å². The molecule has 2 rings (SSSR count). The highest BCUT2D eigenvalue weighted by atomic mass is 32.1. The van der Waals surface area contributed by atoms with Crippen molar-refractivity contribution in [2.24, 2.45) is 5.10 Å². The predicted molar refractivity (Wildman–Crippen MR) is 116 cm³/mol. The van der Waals surface area contributed by atoms with Gasteiger partial charge >= 0.3 is 0 Å². The summed E-state index contributed by atoms with van der Waals surface area (Å²) >= 11 is 5.27. The van der Waals surface area contributed by atoms with Crippen LogP contribution in [0.5, 0.6) is 11.5 Å². The number of thiocarbonyl (C=S) groups is 1. The van der Waals surface area contributed by atoms with E-state index < -0.39 is 0 Å². The zero-order valence-electron chi connectivity index (χ0n) is 16.1. The molecule has 0 aromatic heterocycles. The standard InChI is InChI=1S/C21H27N3O2S/c1-4-12-25-19-11-8-17(20(14-19)26-13-5-2)15-22-24-21(27)23-18-9-6-16(3)7-10-18/h6-11,14-15H,4-5,12-13H2,1-3H3,(H2,23,24,27)/b22-15+. The van der Waals surface area contributed by atoms with E-state index in [-0.39, 0.29) is 0 Å². The van der Waals surface area contributed by atoms with Crippen molar-refractivity contribution < 1.29 is 9.47 Å². The minimum absolute atomic E-state index is 0.425. The zero-order valence-corrected chi connectivity index (χ0v) is 16.9. The number of benzene rings is 2. The van der Waals surface area contributed by atoms with E-state index in [1.54, 1.807) is 6.21 Å². The molecule has 0 aliphatic heterocycles. The Bertz CT molecular complexity index is 761.